The summed E-state index contributed by atoms with van der Waals surface area (Å²) in [4.78, 5) is 25.0. The fraction of sp³-hybridized carbons (Fsp3) is 0.429. The van der Waals surface area contributed by atoms with Crippen LogP contribution in [0.2, 0.25) is 5.02 Å². The number of carboxylic acid groups (broad SMARTS) is 1. The van der Waals surface area contributed by atoms with Crippen LogP contribution in [0, 0.1) is 0 Å². The summed E-state index contributed by atoms with van der Waals surface area (Å²) in [5.41, 5.74) is 0.438. The predicted octanol–water partition coefficient (Wildman–Crippen LogP) is 3.40. The van der Waals surface area contributed by atoms with Gasteiger partial charge in [0, 0.05) is 34.3 Å². The molecule has 0 radical (unpaired) electrons. The van der Waals surface area contributed by atoms with Crippen molar-refractivity contribution in [3.63, 3.8) is 0 Å². The van der Waals surface area contributed by atoms with Crippen LogP contribution < -0.4 is 5.32 Å². The molecule has 0 atom stereocenters. The van der Waals surface area contributed by atoms with Crippen molar-refractivity contribution in [1.82, 2.24) is 4.90 Å². The molecule has 1 heterocycles. The van der Waals surface area contributed by atoms with Crippen LogP contribution in [0.3, 0.4) is 0 Å². The molecule has 5 nitrogen and oxygen atoms in total. The Bertz CT molecular complexity index is 577. The summed E-state index contributed by atoms with van der Waals surface area (Å²) in [7, 11) is 0. The van der Waals surface area contributed by atoms with Gasteiger partial charge in [0.25, 0.3) is 0 Å². The quantitative estimate of drug-likeness (QED) is 0.873. The summed E-state index contributed by atoms with van der Waals surface area (Å²) in [5, 5.41) is 12.0. The van der Waals surface area contributed by atoms with Gasteiger partial charge in [0.05, 0.1) is 5.56 Å². The highest BCUT2D eigenvalue weighted by Gasteiger charge is 2.29. The monoisotopic (exact) mass is 328 g/mol. The molecule has 0 aromatic heterocycles. The fourth-order valence-corrected chi connectivity index (χ4v) is 3.52. The molecule has 2 amide bonds. The molecule has 0 spiro atoms. The highest BCUT2D eigenvalue weighted by atomic mass is 35.5. The van der Waals surface area contributed by atoms with E-state index in [1.807, 2.05) is 11.8 Å². The number of benzene rings is 1. The largest absolute Gasteiger partial charge is 0.478 e. The minimum atomic E-state index is -1.08. The Balaban J connectivity index is 2.11. The topological polar surface area (TPSA) is 69.6 Å². The van der Waals surface area contributed by atoms with E-state index in [1.54, 1.807) is 4.90 Å². The lowest BCUT2D eigenvalue weighted by Crippen LogP contribution is -2.47. The van der Waals surface area contributed by atoms with Gasteiger partial charge in [-0.3, -0.25) is 0 Å². The third-order valence-electron chi connectivity index (χ3n) is 3.11. The zero-order chi connectivity index (χ0) is 15.6. The van der Waals surface area contributed by atoms with Crippen molar-refractivity contribution in [3.05, 3.63) is 28.8 Å². The molecule has 7 heteroatoms. The predicted molar refractivity (Wildman–Crippen MR) is 85.5 cm³/mol. The molecule has 1 saturated heterocycles. The summed E-state index contributed by atoms with van der Waals surface area (Å²) in [6.07, 6.45) is 0. The third-order valence-corrected chi connectivity index (χ3v) is 4.62. The van der Waals surface area contributed by atoms with E-state index in [2.05, 4.69) is 19.2 Å². The maximum atomic E-state index is 12.3. The number of aromatic carboxylic acids is 1. The van der Waals surface area contributed by atoms with Crippen molar-refractivity contribution >= 4 is 41.1 Å². The van der Waals surface area contributed by atoms with Crippen LogP contribution in [0.4, 0.5) is 10.5 Å². The summed E-state index contributed by atoms with van der Waals surface area (Å²) < 4.78 is 0.0240. The highest BCUT2D eigenvalue weighted by molar-refractivity contribution is 8.00. The number of hydrogen-bond donors (Lipinski definition) is 2. The van der Waals surface area contributed by atoms with E-state index in [1.165, 1.54) is 18.2 Å². The van der Waals surface area contributed by atoms with Crippen LogP contribution in [0.15, 0.2) is 18.2 Å². The zero-order valence-corrected chi connectivity index (χ0v) is 13.4. The van der Waals surface area contributed by atoms with Gasteiger partial charge in [0.15, 0.2) is 0 Å². The van der Waals surface area contributed by atoms with Gasteiger partial charge in [-0.05, 0) is 32.0 Å². The SMILES string of the molecule is CC1(C)CN(C(=O)Nc2cc(Cl)cc(C(=O)O)c2)CCS1. The van der Waals surface area contributed by atoms with Crippen molar-refractivity contribution in [1.29, 1.82) is 0 Å². The second-order valence-corrected chi connectivity index (χ2v) is 7.73. The Morgan fingerprint density at radius 2 is 2.10 bits per heavy atom. The van der Waals surface area contributed by atoms with Gasteiger partial charge in [-0.2, -0.15) is 11.8 Å². The first kappa shape index (κ1) is 16.0. The Kier molecular flexibility index (Phi) is 4.68. The fourth-order valence-electron chi connectivity index (χ4n) is 2.18. The van der Waals surface area contributed by atoms with E-state index in [0.29, 0.717) is 18.8 Å². The molecule has 2 N–H and O–H groups in total. The molecule has 0 aliphatic carbocycles. The number of carbonyl (C=O) groups is 2. The van der Waals surface area contributed by atoms with Gasteiger partial charge in [-0.25, -0.2) is 9.59 Å². The Labute approximate surface area is 132 Å². The molecule has 0 unspecified atom stereocenters. The Hall–Kier alpha value is -1.40. The van der Waals surface area contributed by atoms with Crippen LogP contribution in [-0.4, -0.2) is 45.6 Å². The number of amides is 2. The van der Waals surface area contributed by atoms with E-state index in [0.717, 1.165) is 5.75 Å². The molecule has 0 saturated carbocycles. The third kappa shape index (κ3) is 4.28. The summed E-state index contributed by atoms with van der Waals surface area (Å²) in [5.74, 6) is -0.195. The average Bonchev–Trinajstić information content (AvgIpc) is 2.36. The molecular formula is C14H17ClN2O3S. The van der Waals surface area contributed by atoms with E-state index >= 15 is 0 Å². The molecule has 1 aliphatic rings. The number of urea groups is 1. The van der Waals surface area contributed by atoms with Gasteiger partial charge in [-0.15, -0.1) is 0 Å². The Morgan fingerprint density at radius 1 is 1.38 bits per heavy atom. The average molecular weight is 329 g/mol. The number of nitrogens with one attached hydrogen (secondary N) is 1. The summed E-state index contributed by atoms with van der Waals surface area (Å²) in [6.45, 7) is 5.51. The van der Waals surface area contributed by atoms with E-state index in [-0.39, 0.29) is 21.4 Å². The molecule has 21 heavy (non-hydrogen) atoms. The number of anilines is 1. The standard InChI is InChI=1S/C14H17ClN2O3S/c1-14(2)8-17(3-4-21-14)13(20)16-11-6-9(12(18)19)5-10(15)7-11/h5-7H,3-4,8H2,1-2H3,(H,16,20)(H,18,19). The minimum Gasteiger partial charge on any atom is -0.478 e. The molecule has 1 fully saturated rings. The lowest BCUT2D eigenvalue weighted by Gasteiger charge is -2.37. The number of nitrogens with zero attached hydrogens (tertiary/aromatic N) is 1. The lowest BCUT2D eigenvalue weighted by molar-refractivity contribution is 0.0697. The first-order chi connectivity index (χ1) is 9.77. The molecule has 1 aromatic carbocycles. The Morgan fingerprint density at radius 3 is 2.71 bits per heavy atom. The van der Waals surface area contributed by atoms with E-state index in [9.17, 15) is 9.59 Å². The number of rotatable bonds is 2. The summed E-state index contributed by atoms with van der Waals surface area (Å²) in [6, 6.07) is 4.05. The second kappa shape index (κ2) is 6.15. The van der Waals surface area contributed by atoms with E-state index in [4.69, 9.17) is 16.7 Å². The van der Waals surface area contributed by atoms with Crippen LogP contribution in [0.1, 0.15) is 24.2 Å². The molecule has 2 rings (SSSR count). The molecule has 114 valence electrons. The maximum Gasteiger partial charge on any atom is 0.335 e. The van der Waals surface area contributed by atoms with Gasteiger partial charge in [0.1, 0.15) is 0 Å². The van der Waals surface area contributed by atoms with Crippen LogP contribution in [0.25, 0.3) is 0 Å². The van der Waals surface area contributed by atoms with Crippen molar-refractivity contribution < 1.29 is 14.7 Å². The zero-order valence-electron chi connectivity index (χ0n) is 11.9. The molecule has 1 aromatic rings. The number of hydrogen-bond acceptors (Lipinski definition) is 3. The first-order valence-corrected chi connectivity index (χ1v) is 7.87. The smallest absolute Gasteiger partial charge is 0.335 e. The van der Waals surface area contributed by atoms with Gasteiger partial charge < -0.3 is 15.3 Å². The maximum absolute atomic E-state index is 12.3. The highest BCUT2D eigenvalue weighted by Crippen LogP contribution is 2.30. The molecule has 1 aliphatic heterocycles. The van der Waals surface area contributed by atoms with Crippen LogP contribution >= 0.6 is 23.4 Å². The van der Waals surface area contributed by atoms with Crippen LogP contribution in [-0.2, 0) is 0 Å². The lowest BCUT2D eigenvalue weighted by atomic mass is 10.2. The molecular weight excluding hydrogens is 312 g/mol. The number of halogens is 1. The second-order valence-electron chi connectivity index (χ2n) is 5.49. The number of thioether (sulfide) groups is 1. The van der Waals surface area contributed by atoms with Gasteiger partial charge in [-0.1, -0.05) is 11.6 Å². The van der Waals surface area contributed by atoms with Crippen LogP contribution in [0.5, 0.6) is 0 Å². The normalized spacial score (nSPS) is 17.4. The van der Waals surface area contributed by atoms with Crippen molar-refractivity contribution in [2.24, 2.45) is 0 Å². The number of carbonyl (C=O) groups excluding carboxylic acids is 1. The first-order valence-electron chi connectivity index (χ1n) is 6.51. The minimum absolute atomic E-state index is 0.0240. The number of carboxylic acids is 1. The molecule has 0 bridgehead atoms. The van der Waals surface area contributed by atoms with Gasteiger partial charge >= 0.3 is 12.0 Å². The summed E-state index contributed by atoms with van der Waals surface area (Å²) >= 11 is 7.71. The van der Waals surface area contributed by atoms with Gasteiger partial charge in [0.2, 0.25) is 0 Å². The van der Waals surface area contributed by atoms with E-state index < -0.39 is 5.97 Å². The van der Waals surface area contributed by atoms with Crippen molar-refractivity contribution in [3.8, 4) is 0 Å². The van der Waals surface area contributed by atoms with Crippen molar-refractivity contribution in [2.75, 3.05) is 24.2 Å². The van der Waals surface area contributed by atoms with Crippen molar-refractivity contribution in [2.45, 2.75) is 18.6 Å².